The van der Waals surface area contributed by atoms with Crippen LogP contribution < -0.4 is 0 Å². The van der Waals surface area contributed by atoms with Gasteiger partial charge in [-0.05, 0) is 37.5 Å². The highest BCUT2D eigenvalue weighted by Gasteiger charge is 2.30. The first-order valence-electron chi connectivity index (χ1n) is 43.5. The van der Waals surface area contributed by atoms with Crippen molar-refractivity contribution in [2.24, 2.45) is 11.8 Å². The van der Waals surface area contributed by atoms with E-state index in [1.807, 2.05) is 0 Å². The lowest BCUT2D eigenvalue weighted by molar-refractivity contribution is -0.161. The van der Waals surface area contributed by atoms with Crippen LogP contribution in [0.4, 0.5) is 0 Å². The van der Waals surface area contributed by atoms with Gasteiger partial charge in [0.15, 0.2) is 12.2 Å². The third-order valence-corrected chi connectivity index (χ3v) is 22.0. The Labute approximate surface area is 632 Å². The summed E-state index contributed by atoms with van der Waals surface area (Å²) in [7, 11) is -9.92. The minimum absolute atomic E-state index is 0.105. The molecule has 0 amide bonds. The molecule has 17 nitrogen and oxygen atoms in total. The summed E-state index contributed by atoms with van der Waals surface area (Å²) in [5, 5.41) is 10.7. The molecule has 0 bridgehead atoms. The molecule has 103 heavy (non-hydrogen) atoms. The fraction of sp³-hybridized carbons (Fsp3) is 0.952. The minimum Gasteiger partial charge on any atom is -0.462 e. The number of carbonyl (C=O) groups is 4. The Morgan fingerprint density at radius 3 is 0.738 bits per heavy atom. The molecule has 6 atom stereocenters. The molecule has 19 heteroatoms. The van der Waals surface area contributed by atoms with Crippen molar-refractivity contribution in [3.8, 4) is 0 Å². The van der Waals surface area contributed by atoms with Crippen LogP contribution in [0.1, 0.15) is 446 Å². The molecule has 0 heterocycles. The molecule has 0 saturated heterocycles. The molecular weight excluding hydrogens is 1340 g/mol. The SMILES string of the molecule is CCCCCCCCCCCCCCCCCCCCCCCC(=O)O[C@H](COC(=O)CCCCCCCCCCCCCCCCCCCCC)COP(=O)(O)OC[C@@H](O)COP(=O)(O)OC[C@@H](COC(=O)CCCCCCCCCCC(C)C)OC(=O)CCCCCCCCCCC(C)CC. The first-order valence-corrected chi connectivity index (χ1v) is 46.5. The zero-order valence-electron chi connectivity index (χ0n) is 67.6. The van der Waals surface area contributed by atoms with Gasteiger partial charge in [-0.1, -0.05) is 395 Å². The van der Waals surface area contributed by atoms with Crippen molar-refractivity contribution < 1.29 is 80.2 Å². The summed E-state index contributed by atoms with van der Waals surface area (Å²) in [6, 6.07) is 0. The van der Waals surface area contributed by atoms with Crippen LogP contribution in [0.3, 0.4) is 0 Å². The highest BCUT2D eigenvalue weighted by Crippen LogP contribution is 2.45. The second-order valence-corrected chi connectivity index (χ2v) is 33.8. The number of ether oxygens (including phenoxy) is 4. The Balaban J connectivity index is 5.22. The van der Waals surface area contributed by atoms with Gasteiger partial charge in [0.05, 0.1) is 26.4 Å². The molecule has 0 spiro atoms. The van der Waals surface area contributed by atoms with Crippen LogP contribution in [0.2, 0.25) is 0 Å². The van der Waals surface area contributed by atoms with Crippen LogP contribution in [0.15, 0.2) is 0 Å². The molecule has 0 fully saturated rings. The maximum atomic E-state index is 13.1. The summed E-state index contributed by atoms with van der Waals surface area (Å²) in [4.78, 5) is 73.1. The van der Waals surface area contributed by atoms with Gasteiger partial charge in [0.1, 0.15) is 19.3 Å². The predicted octanol–water partition coefficient (Wildman–Crippen LogP) is 25.5. The number of aliphatic hydroxyl groups is 1. The number of phosphoric acid groups is 2. The van der Waals surface area contributed by atoms with Gasteiger partial charge in [0.2, 0.25) is 0 Å². The number of rotatable bonds is 83. The fourth-order valence-electron chi connectivity index (χ4n) is 13.0. The summed E-state index contributed by atoms with van der Waals surface area (Å²) in [5.41, 5.74) is 0. The first kappa shape index (κ1) is 101. The van der Waals surface area contributed by atoms with E-state index < -0.39 is 97.5 Å². The van der Waals surface area contributed by atoms with E-state index in [0.717, 1.165) is 102 Å². The normalized spacial score (nSPS) is 14.1. The summed E-state index contributed by atoms with van der Waals surface area (Å²) >= 11 is 0. The van der Waals surface area contributed by atoms with E-state index in [9.17, 15) is 43.2 Å². The van der Waals surface area contributed by atoms with Crippen molar-refractivity contribution in [1.82, 2.24) is 0 Å². The van der Waals surface area contributed by atoms with Crippen molar-refractivity contribution in [2.75, 3.05) is 39.6 Å². The number of carbonyl (C=O) groups excluding carboxylic acids is 4. The molecule has 0 aromatic heterocycles. The van der Waals surface area contributed by atoms with Gasteiger partial charge in [0.25, 0.3) is 0 Å². The van der Waals surface area contributed by atoms with E-state index in [4.69, 9.17) is 37.0 Å². The van der Waals surface area contributed by atoms with Crippen LogP contribution in [0, 0.1) is 11.8 Å². The summed E-state index contributed by atoms with van der Waals surface area (Å²) in [5.74, 6) is -0.613. The molecule has 0 aliphatic carbocycles. The van der Waals surface area contributed by atoms with Gasteiger partial charge in [-0.15, -0.1) is 0 Å². The second kappa shape index (κ2) is 75.5. The molecule has 0 aliphatic rings. The van der Waals surface area contributed by atoms with Gasteiger partial charge in [-0.2, -0.15) is 0 Å². The van der Waals surface area contributed by atoms with Gasteiger partial charge < -0.3 is 33.8 Å². The Morgan fingerprint density at radius 2 is 0.495 bits per heavy atom. The van der Waals surface area contributed by atoms with E-state index in [-0.39, 0.29) is 25.7 Å². The third-order valence-electron chi connectivity index (χ3n) is 20.1. The van der Waals surface area contributed by atoms with Crippen molar-refractivity contribution in [3.63, 3.8) is 0 Å². The van der Waals surface area contributed by atoms with Crippen molar-refractivity contribution in [3.05, 3.63) is 0 Å². The molecule has 0 aromatic rings. The Hall–Kier alpha value is -1.94. The maximum absolute atomic E-state index is 13.1. The van der Waals surface area contributed by atoms with Crippen LogP contribution in [-0.2, 0) is 65.4 Å². The Morgan fingerprint density at radius 1 is 0.282 bits per heavy atom. The highest BCUT2D eigenvalue weighted by atomic mass is 31.2. The van der Waals surface area contributed by atoms with Crippen LogP contribution >= 0.6 is 15.6 Å². The lowest BCUT2D eigenvalue weighted by Crippen LogP contribution is -2.30. The minimum atomic E-state index is -4.96. The molecule has 0 aromatic carbocycles. The molecule has 3 unspecified atom stereocenters. The molecule has 0 aliphatic heterocycles. The second-order valence-electron chi connectivity index (χ2n) is 30.9. The topological polar surface area (TPSA) is 237 Å². The zero-order chi connectivity index (χ0) is 75.6. The van der Waals surface area contributed by atoms with E-state index in [2.05, 4.69) is 41.5 Å². The van der Waals surface area contributed by atoms with Crippen LogP contribution in [-0.4, -0.2) is 96.7 Å². The molecule has 0 rings (SSSR count). The molecule has 0 radical (unpaired) electrons. The van der Waals surface area contributed by atoms with Gasteiger partial charge in [-0.3, -0.25) is 37.3 Å². The Bertz CT molecular complexity index is 1980. The van der Waals surface area contributed by atoms with Gasteiger partial charge >= 0.3 is 39.5 Å². The fourth-order valence-corrected chi connectivity index (χ4v) is 14.6. The summed E-state index contributed by atoms with van der Waals surface area (Å²) in [6.45, 7) is 9.61. The molecular formula is C84H164O17P2. The lowest BCUT2D eigenvalue weighted by Gasteiger charge is -2.21. The van der Waals surface area contributed by atoms with Crippen molar-refractivity contribution >= 4 is 39.5 Å². The average Bonchev–Trinajstić information content (AvgIpc) is 0.927. The van der Waals surface area contributed by atoms with Gasteiger partial charge in [-0.25, -0.2) is 9.13 Å². The summed E-state index contributed by atoms with van der Waals surface area (Å²) in [6.07, 6.45) is 66.8. The zero-order valence-corrected chi connectivity index (χ0v) is 69.4. The number of unbranched alkanes of at least 4 members (excludes halogenated alkanes) is 52. The number of phosphoric ester groups is 2. The van der Waals surface area contributed by atoms with Crippen molar-refractivity contribution in [2.45, 2.75) is 464 Å². The Kier molecular flexibility index (Phi) is 74.1. The molecule has 612 valence electrons. The largest absolute Gasteiger partial charge is 0.472 e. The third kappa shape index (κ3) is 76.6. The highest BCUT2D eigenvalue weighted by molar-refractivity contribution is 7.47. The number of hydrogen-bond acceptors (Lipinski definition) is 15. The van der Waals surface area contributed by atoms with E-state index >= 15 is 0 Å². The number of esters is 4. The standard InChI is InChI=1S/C84H164O17P2/c1-7-10-12-14-16-18-20-22-24-26-28-29-31-33-35-37-39-41-50-56-62-68-83(88)100-79(72-94-81(86)66-60-54-48-40-38-36-34-32-30-27-25-23-21-19-17-15-13-11-8-2)74-98-102(90,91)96-70-78(85)71-97-103(92,93)99-75-80(73-95-82(87)67-61-55-49-44-42-46-52-58-64-76(4)5)101-84(89)69-63-57-51-45-43-47-53-59-65-77(6)9-3/h76-80,85H,7-75H2,1-6H3,(H,90,91)(H,92,93)/t77?,78-,79-,80-/m1/s1. The van der Waals surface area contributed by atoms with Crippen LogP contribution in [0.5, 0.6) is 0 Å². The maximum Gasteiger partial charge on any atom is 0.472 e. The predicted molar refractivity (Wildman–Crippen MR) is 423 cm³/mol. The smallest absolute Gasteiger partial charge is 0.462 e. The summed E-state index contributed by atoms with van der Waals surface area (Å²) < 4.78 is 68.8. The lowest BCUT2D eigenvalue weighted by atomic mass is 9.99. The number of aliphatic hydroxyl groups excluding tert-OH is 1. The van der Waals surface area contributed by atoms with E-state index in [0.29, 0.717) is 25.7 Å². The first-order chi connectivity index (χ1) is 49.9. The van der Waals surface area contributed by atoms with E-state index in [1.165, 1.54) is 263 Å². The van der Waals surface area contributed by atoms with Gasteiger partial charge in [0, 0.05) is 25.7 Å². The molecule has 3 N–H and O–H groups in total. The van der Waals surface area contributed by atoms with Crippen molar-refractivity contribution in [1.29, 1.82) is 0 Å². The van der Waals surface area contributed by atoms with Crippen LogP contribution in [0.25, 0.3) is 0 Å². The average molecular weight is 1510 g/mol. The molecule has 0 saturated carbocycles. The number of hydrogen-bond donors (Lipinski definition) is 3. The monoisotopic (exact) mass is 1510 g/mol. The van der Waals surface area contributed by atoms with E-state index in [1.54, 1.807) is 0 Å². The quantitative estimate of drug-likeness (QED) is 0.0222.